The predicted molar refractivity (Wildman–Crippen MR) is 102 cm³/mol. The SMILES string of the molecule is Cc1cc(Cl)cc2sc(N3CCC(CN(C)S(C)(=O)=O)CC3)nc12. The molecule has 0 bridgehead atoms. The number of halogens is 1. The summed E-state index contributed by atoms with van der Waals surface area (Å²) >= 11 is 7.81. The third-order valence-corrected chi connectivity index (χ3v) is 7.17. The summed E-state index contributed by atoms with van der Waals surface area (Å²) in [5, 5.41) is 1.78. The lowest BCUT2D eigenvalue weighted by Gasteiger charge is -2.33. The molecule has 132 valence electrons. The fourth-order valence-electron chi connectivity index (χ4n) is 3.08. The average molecular weight is 388 g/mol. The molecule has 8 heteroatoms. The first-order valence-corrected chi connectivity index (χ1v) is 11.0. The number of nitrogens with zero attached hydrogens (tertiary/aromatic N) is 3. The lowest BCUT2D eigenvalue weighted by atomic mass is 9.97. The van der Waals surface area contributed by atoms with E-state index in [1.165, 1.54) is 10.6 Å². The Morgan fingerprint density at radius 2 is 2.04 bits per heavy atom. The molecule has 0 amide bonds. The monoisotopic (exact) mass is 387 g/mol. The number of anilines is 1. The molecular formula is C16H22ClN3O2S2. The highest BCUT2D eigenvalue weighted by Crippen LogP contribution is 2.34. The largest absolute Gasteiger partial charge is 0.348 e. The van der Waals surface area contributed by atoms with Crippen molar-refractivity contribution < 1.29 is 8.42 Å². The Morgan fingerprint density at radius 1 is 1.38 bits per heavy atom. The quantitative estimate of drug-likeness (QED) is 0.807. The molecule has 2 aromatic rings. The molecule has 0 N–H and O–H groups in total. The molecule has 1 aromatic heterocycles. The second-order valence-electron chi connectivity index (χ2n) is 6.54. The van der Waals surface area contributed by atoms with Crippen LogP contribution in [-0.4, -0.2) is 50.6 Å². The van der Waals surface area contributed by atoms with Crippen LogP contribution >= 0.6 is 22.9 Å². The number of fused-ring (bicyclic) bond motifs is 1. The molecule has 1 aliphatic rings. The second-order valence-corrected chi connectivity index (χ2v) is 10.1. The van der Waals surface area contributed by atoms with E-state index in [4.69, 9.17) is 16.6 Å². The van der Waals surface area contributed by atoms with Crippen LogP contribution in [0, 0.1) is 12.8 Å². The maximum Gasteiger partial charge on any atom is 0.210 e. The molecule has 5 nitrogen and oxygen atoms in total. The highest BCUT2D eigenvalue weighted by atomic mass is 35.5. The van der Waals surface area contributed by atoms with Crippen molar-refractivity contribution in [1.29, 1.82) is 0 Å². The highest BCUT2D eigenvalue weighted by Gasteiger charge is 2.24. The minimum atomic E-state index is -3.10. The Bertz CT molecular complexity index is 842. The van der Waals surface area contributed by atoms with E-state index < -0.39 is 10.0 Å². The van der Waals surface area contributed by atoms with Gasteiger partial charge in [-0.05, 0) is 43.4 Å². The third kappa shape index (κ3) is 3.85. The van der Waals surface area contributed by atoms with E-state index in [9.17, 15) is 8.42 Å². The van der Waals surface area contributed by atoms with Gasteiger partial charge in [0.1, 0.15) is 0 Å². The Balaban J connectivity index is 1.68. The summed E-state index contributed by atoms with van der Waals surface area (Å²) < 4.78 is 25.7. The number of thiazole rings is 1. The van der Waals surface area contributed by atoms with Gasteiger partial charge in [0, 0.05) is 31.7 Å². The first-order chi connectivity index (χ1) is 11.2. The van der Waals surface area contributed by atoms with E-state index in [0.717, 1.165) is 51.9 Å². The number of aryl methyl sites for hydroxylation is 1. The number of aromatic nitrogens is 1. The van der Waals surface area contributed by atoms with Crippen molar-refractivity contribution in [2.24, 2.45) is 5.92 Å². The molecule has 2 heterocycles. The molecule has 1 saturated heterocycles. The molecule has 3 rings (SSSR count). The molecule has 0 aliphatic carbocycles. The van der Waals surface area contributed by atoms with Crippen LogP contribution in [0.15, 0.2) is 12.1 Å². The Kier molecular flexibility index (Phi) is 5.06. The van der Waals surface area contributed by atoms with Crippen LogP contribution < -0.4 is 4.90 Å². The van der Waals surface area contributed by atoms with E-state index in [2.05, 4.69) is 4.90 Å². The molecule has 0 saturated carbocycles. The van der Waals surface area contributed by atoms with Crippen molar-refractivity contribution in [3.63, 3.8) is 0 Å². The van der Waals surface area contributed by atoms with Gasteiger partial charge in [-0.15, -0.1) is 0 Å². The lowest BCUT2D eigenvalue weighted by molar-refractivity contribution is 0.329. The molecule has 0 spiro atoms. The summed E-state index contributed by atoms with van der Waals surface area (Å²) in [5.74, 6) is 0.409. The fourth-order valence-corrected chi connectivity index (χ4v) is 5.04. The number of sulfonamides is 1. The number of hydrogen-bond acceptors (Lipinski definition) is 5. The van der Waals surface area contributed by atoms with Crippen molar-refractivity contribution in [3.8, 4) is 0 Å². The number of piperidine rings is 1. The minimum absolute atomic E-state index is 0.409. The van der Waals surface area contributed by atoms with Crippen molar-refractivity contribution in [3.05, 3.63) is 22.7 Å². The van der Waals surface area contributed by atoms with Crippen LogP contribution in [-0.2, 0) is 10.0 Å². The maximum atomic E-state index is 11.5. The standard InChI is InChI=1S/C16H22ClN3O2S2/c1-11-8-13(17)9-14-15(11)18-16(23-14)20-6-4-12(5-7-20)10-19(2)24(3,21)22/h8-9,12H,4-7,10H2,1-3H3. The van der Waals surface area contributed by atoms with Gasteiger partial charge in [-0.3, -0.25) is 0 Å². The number of benzene rings is 1. The zero-order valence-corrected chi connectivity index (χ0v) is 16.5. The fraction of sp³-hybridized carbons (Fsp3) is 0.562. The van der Waals surface area contributed by atoms with E-state index in [1.54, 1.807) is 18.4 Å². The Hall–Kier alpha value is -0.890. The molecule has 1 fully saturated rings. The topological polar surface area (TPSA) is 53.5 Å². The number of rotatable bonds is 4. The van der Waals surface area contributed by atoms with Gasteiger partial charge < -0.3 is 4.90 Å². The van der Waals surface area contributed by atoms with Gasteiger partial charge in [0.2, 0.25) is 10.0 Å². The molecule has 0 unspecified atom stereocenters. The van der Waals surface area contributed by atoms with Gasteiger partial charge in [0.05, 0.1) is 16.5 Å². The smallest absolute Gasteiger partial charge is 0.210 e. The normalized spacial score (nSPS) is 17.1. The van der Waals surface area contributed by atoms with Crippen LogP contribution in [0.4, 0.5) is 5.13 Å². The minimum Gasteiger partial charge on any atom is -0.348 e. The molecule has 0 radical (unpaired) electrons. The van der Waals surface area contributed by atoms with Crippen LogP contribution in [0.1, 0.15) is 18.4 Å². The summed E-state index contributed by atoms with van der Waals surface area (Å²) in [6.45, 7) is 4.45. The van der Waals surface area contributed by atoms with E-state index >= 15 is 0 Å². The van der Waals surface area contributed by atoms with Crippen LogP contribution in [0.2, 0.25) is 5.02 Å². The van der Waals surface area contributed by atoms with Crippen LogP contribution in [0.25, 0.3) is 10.2 Å². The lowest BCUT2D eigenvalue weighted by Crippen LogP contribution is -2.39. The average Bonchev–Trinajstić information content (AvgIpc) is 2.91. The van der Waals surface area contributed by atoms with E-state index in [1.807, 2.05) is 19.1 Å². The van der Waals surface area contributed by atoms with Gasteiger partial charge >= 0.3 is 0 Å². The van der Waals surface area contributed by atoms with Crippen molar-refractivity contribution in [1.82, 2.24) is 9.29 Å². The molecule has 1 aromatic carbocycles. The predicted octanol–water partition coefficient (Wildman–Crippen LogP) is 3.37. The first-order valence-electron chi connectivity index (χ1n) is 7.97. The summed E-state index contributed by atoms with van der Waals surface area (Å²) in [4.78, 5) is 7.08. The zero-order chi connectivity index (χ0) is 17.5. The molecule has 1 aliphatic heterocycles. The number of hydrogen-bond donors (Lipinski definition) is 0. The van der Waals surface area contributed by atoms with Crippen molar-refractivity contribution in [2.75, 3.05) is 37.8 Å². The summed E-state index contributed by atoms with van der Waals surface area (Å²) in [7, 11) is -1.44. The summed E-state index contributed by atoms with van der Waals surface area (Å²) in [5.41, 5.74) is 2.13. The van der Waals surface area contributed by atoms with Crippen molar-refractivity contribution >= 4 is 48.3 Å². The maximum absolute atomic E-state index is 11.5. The zero-order valence-electron chi connectivity index (χ0n) is 14.1. The van der Waals surface area contributed by atoms with Gasteiger partial charge in [-0.25, -0.2) is 17.7 Å². The van der Waals surface area contributed by atoms with Crippen LogP contribution in [0.3, 0.4) is 0 Å². The molecule has 0 atom stereocenters. The van der Waals surface area contributed by atoms with Gasteiger partial charge in [0.15, 0.2) is 5.13 Å². The Morgan fingerprint density at radius 3 is 2.67 bits per heavy atom. The third-order valence-electron chi connectivity index (χ3n) is 4.61. The van der Waals surface area contributed by atoms with Crippen LogP contribution in [0.5, 0.6) is 0 Å². The van der Waals surface area contributed by atoms with E-state index in [0.29, 0.717) is 12.5 Å². The Labute approximate surface area is 152 Å². The summed E-state index contributed by atoms with van der Waals surface area (Å²) in [6, 6.07) is 3.92. The van der Waals surface area contributed by atoms with Gasteiger partial charge in [0.25, 0.3) is 0 Å². The second kappa shape index (κ2) is 6.78. The molecule has 24 heavy (non-hydrogen) atoms. The first kappa shape index (κ1) is 17.9. The van der Waals surface area contributed by atoms with Gasteiger partial charge in [-0.2, -0.15) is 0 Å². The highest BCUT2D eigenvalue weighted by molar-refractivity contribution is 7.88. The van der Waals surface area contributed by atoms with E-state index in [-0.39, 0.29) is 0 Å². The van der Waals surface area contributed by atoms with Crippen molar-refractivity contribution in [2.45, 2.75) is 19.8 Å². The van der Waals surface area contributed by atoms with Gasteiger partial charge in [-0.1, -0.05) is 22.9 Å². The summed E-state index contributed by atoms with van der Waals surface area (Å²) in [6.07, 6.45) is 3.22. The molecular weight excluding hydrogens is 366 g/mol.